The minimum Gasteiger partial charge on any atom is -0.455 e. The van der Waals surface area contributed by atoms with Gasteiger partial charge in [-0.05, 0) is 75.1 Å². The predicted octanol–water partition coefficient (Wildman–Crippen LogP) is 7.47. The van der Waals surface area contributed by atoms with E-state index in [9.17, 15) is 0 Å². The quantitative estimate of drug-likeness (QED) is 0.159. The third-order valence-electron chi connectivity index (χ3n) is 9.43. The van der Waals surface area contributed by atoms with Gasteiger partial charge in [-0.15, -0.1) is 4.68 Å². The highest BCUT2D eigenvalue weighted by atomic mass is 16.5. The summed E-state index contributed by atoms with van der Waals surface area (Å²) in [6.45, 7) is 4.51. The predicted molar refractivity (Wildman–Crippen MR) is 161 cm³/mol. The summed E-state index contributed by atoms with van der Waals surface area (Å²) < 4.78 is 20.3. The van der Waals surface area contributed by atoms with E-state index in [0.717, 1.165) is 39.9 Å². The van der Waals surface area contributed by atoms with Crippen LogP contribution in [-0.2, 0) is 5.66 Å². The third kappa shape index (κ3) is 2.40. The second-order valence-electron chi connectivity index (χ2n) is 11.4. The summed E-state index contributed by atoms with van der Waals surface area (Å²) in [6, 6.07) is 38.5. The zero-order chi connectivity index (χ0) is 27.7. The average molecular weight is 544 g/mol. The van der Waals surface area contributed by atoms with Crippen molar-refractivity contribution in [3.8, 4) is 39.9 Å². The number of aromatic nitrogens is 3. The molecule has 1 spiro atoms. The van der Waals surface area contributed by atoms with E-state index in [1.807, 2.05) is 18.2 Å². The van der Waals surface area contributed by atoms with E-state index < -0.39 is 5.66 Å². The first-order valence-electron chi connectivity index (χ1n) is 14.4. The minimum atomic E-state index is -0.718. The van der Waals surface area contributed by atoms with Crippen molar-refractivity contribution in [2.75, 3.05) is 0 Å². The molecule has 0 N–H and O–H groups in total. The second-order valence-corrected chi connectivity index (χ2v) is 11.4. The van der Waals surface area contributed by atoms with Crippen molar-refractivity contribution >= 4 is 21.5 Å². The Kier molecular flexibility index (Phi) is 3.95. The van der Waals surface area contributed by atoms with Crippen LogP contribution in [0.2, 0.25) is 0 Å². The summed E-state index contributed by atoms with van der Waals surface area (Å²) in [4.78, 5) is 0. The summed E-state index contributed by atoms with van der Waals surface area (Å²) in [5.74, 6) is 3.29. The third-order valence-corrected chi connectivity index (χ3v) is 9.43. The highest BCUT2D eigenvalue weighted by molar-refractivity contribution is 6.14. The lowest BCUT2D eigenvalue weighted by Crippen LogP contribution is -2.76. The van der Waals surface area contributed by atoms with Crippen LogP contribution in [0.15, 0.2) is 115 Å². The first-order valence-corrected chi connectivity index (χ1v) is 14.4. The number of hydrogen-bond donors (Lipinski definition) is 0. The molecule has 0 bridgehead atoms. The molecular weight excluding hydrogens is 518 g/mol. The number of nitrogens with zero attached hydrogens (tertiary/aromatic N) is 3. The SMILES string of the molecule is Cc1c(-c2cc3ccccc3c3ccccc23)c(C)[n+]2n1-c1cccc3c1C21c2c(cccc2Oc2cccc[n+]21)O3. The molecule has 2 aromatic heterocycles. The van der Waals surface area contributed by atoms with Gasteiger partial charge in [-0.3, -0.25) is 0 Å². The van der Waals surface area contributed by atoms with Gasteiger partial charge >= 0.3 is 11.5 Å². The maximum Gasteiger partial charge on any atom is 0.452 e. The molecule has 0 radical (unpaired) electrons. The molecule has 10 rings (SSSR count). The standard InChI is InChI=1S/C37H25N3O2/c1-22-34(28-21-24-11-3-4-12-25(24)26-13-5-6-14-27(26)28)23(2)40-37-35-29(39(22)40)15-9-16-30(35)41-31-17-10-18-32(36(31)37)42-33-19-7-8-20-38(33)37/h3-21H,1-2H3/q+2. The van der Waals surface area contributed by atoms with Crippen LogP contribution in [-0.4, -0.2) is 4.68 Å². The van der Waals surface area contributed by atoms with Gasteiger partial charge in [0, 0.05) is 13.0 Å². The molecule has 0 aliphatic carbocycles. The molecular formula is C37H25N3O2+2. The van der Waals surface area contributed by atoms with Crippen molar-refractivity contribution in [3.63, 3.8) is 0 Å². The summed E-state index contributed by atoms with van der Waals surface area (Å²) in [6.07, 6.45) is 2.14. The summed E-state index contributed by atoms with van der Waals surface area (Å²) in [5.41, 5.74) is 7.42. The maximum absolute atomic E-state index is 6.61. The molecule has 42 heavy (non-hydrogen) atoms. The molecule has 0 saturated carbocycles. The molecule has 3 aliphatic heterocycles. The number of pyridine rings is 1. The van der Waals surface area contributed by atoms with Gasteiger partial charge < -0.3 is 9.47 Å². The number of ether oxygens (including phenoxy) is 2. The largest absolute Gasteiger partial charge is 0.455 e. The van der Waals surface area contributed by atoms with Crippen LogP contribution in [0.5, 0.6) is 23.1 Å². The van der Waals surface area contributed by atoms with Gasteiger partial charge in [-0.2, -0.15) is 0 Å². The van der Waals surface area contributed by atoms with Gasteiger partial charge in [-0.25, -0.2) is 0 Å². The second kappa shape index (κ2) is 7.45. The summed E-state index contributed by atoms with van der Waals surface area (Å²) >= 11 is 0. The minimum absolute atomic E-state index is 0.718. The Morgan fingerprint density at radius 1 is 0.643 bits per heavy atom. The molecule has 198 valence electrons. The van der Waals surface area contributed by atoms with Crippen LogP contribution >= 0.6 is 0 Å². The maximum atomic E-state index is 6.61. The Labute approximate surface area is 242 Å². The first-order chi connectivity index (χ1) is 20.7. The molecule has 5 aromatic carbocycles. The van der Waals surface area contributed by atoms with Crippen molar-refractivity contribution in [1.82, 2.24) is 4.68 Å². The van der Waals surface area contributed by atoms with Crippen LogP contribution in [0.25, 0.3) is 38.4 Å². The van der Waals surface area contributed by atoms with E-state index in [-0.39, 0.29) is 0 Å². The smallest absolute Gasteiger partial charge is 0.452 e. The Morgan fingerprint density at radius 3 is 2.19 bits per heavy atom. The number of benzene rings is 5. The van der Waals surface area contributed by atoms with Gasteiger partial charge in [0.25, 0.3) is 0 Å². The lowest BCUT2D eigenvalue weighted by molar-refractivity contribution is -0.999. The molecule has 1 atom stereocenters. The van der Waals surface area contributed by atoms with Gasteiger partial charge in [0.2, 0.25) is 5.69 Å². The van der Waals surface area contributed by atoms with Crippen molar-refractivity contribution in [3.05, 3.63) is 138 Å². The zero-order valence-electron chi connectivity index (χ0n) is 23.1. The highest BCUT2D eigenvalue weighted by Gasteiger charge is 2.72. The highest BCUT2D eigenvalue weighted by Crippen LogP contribution is 2.56. The van der Waals surface area contributed by atoms with E-state index in [1.165, 1.54) is 44.1 Å². The lowest BCUT2D eigenvalue weighted by atomic mass is 9.84. The first kappa shape index (κ1) is 22.3. The van der Waals surface area contributed by atoms with E-state index in [1.54, 1.807) is 0 Å². The lowest BCUT2D eigenvalue weighted by Gasteiger charge is -2.31. The molecule has 0 amide bonds. The normalized spacial score (nSPS) is 16.8. The van der Waals surface area contributed by atoms with Crippen molar-refractivity contribution in [2.45, 2.75) is 19.5 Å². The van der Waals surface area contributed by atoms with E-state index in [2.05, 4.69) is 125 Å². The van der Waals surface area contributed by atoms with E-state index >= 15 is 0 Å². The van der Waals surface area contributed by atoms with Crippen LogP contribution in [0.1, 0.15) is 22.5 Å². The van der Waals surface area contributed by atoms with E-state index in [4.69, 9.17) is 9.47 Å². The topological polar surface area (TPSA) is 31.1 Å². The van der Waals surface area contributed by atoms with Gasteiger partial charge in [0.15, 0.2) is 23.1 Å². The molecule has 1 unspecified atom stereocenters. The number of rotatable bonds is 1. The molecule has 7 aromatic rings. The van der Waals surface area contributed by atoms with Crippen LogP contribution in [0, 0.1) is 13.8 Å². The summed E-state index contributed by atoms with van der Waals surface area (Å²) in [5, 5.41) is 5.04. The fourth-order valence-corrected chi connectivity index (χ4v) is 7.95. The van der Waals surface area contributed by atoms with Crippen molar-refractivity contribution in [2.24, 2.45) is 0 Å². The number of hydrogen-bond acceptors (Lipinski definition) is 2. The van der Waals surface area contributed by atoms with Crippen LogP contribution in [0.4, 0.5) is 0 Å². The fourth-order valence-electron chi connectivity index (χ4n) is 7.95. The average Bonchev–Trinajstić information content (AvgIpc) is 3.48. The Morgan fingerprint density at radius 2 is 1.33 bits per heavy atom. The van der Waals surface area contributed by atoms with Crippen LogP contribution < -0.4 is 18.7 Å². The Bertz CT molecular complexity index is 2340. The molecule has 3 aliphatic rings. The fraction of sp³-hybridized carbons (Fsp3) is 0.0811. The molecule has 5 heterocycles. The molecule has 0 saturated heterocycles. The Hall–Kier alpha value is -5.42. The molecule has 0 fully saturated rings. The monoisotopic (exact) mass is 543 g/mol. The van der Waals surface area contributed by atoms with Crippen molar-refractivity contribution in [1.29, 1.82) is 0 Å². The van der Waals surface area contributed by atoms with Crippen molar-refractivity contribution < 1.29 is 18.7 Å². The van der Waals surface area contributed by atoms with Gasteiger partial charge in [0.1, 0.15) is 17.2 Å². The van der Waals surface area contributed by atoms with Crippen LogP contribution in [0.3, 0.4) is 0 Å². The van der Waals surface area contributed by atoms with E-state index in [0.29, 0.717) is 0 Å². The molecule has 5 heteroatoms. The van der Waals surface area contributed by atoms with Gasteiger partial charge in [-0.1, -0.05) is 65.2 Å². The number of fused-ring (bicyclic) bond motifs is 6. The zero-order valence-corrected chi connectivity index (χ0v) is 23.1. The molecule has 5 nitrogen and oxygen atoms in total. The Balaban J connectivity index is 1.41. The van der Waals surface area contributed by atoms with Gasteiger partial charge in [0.05, 0.1) is 17.3 Å². The summed E-state index contributed by atoms with van der Waals surface area (Å²) in [7, 11) is 0.